The van der Waals surface area contributed by atoms with Crippen molar-refractivity contribution in [3.05, 3.63) is 29.3 Å². The van der Waals surface area contributed by atoms with Crippen LogP contribution in [0.1, 0.15) is 20.7 Å². The lowest BCUT2D eigenvalue weighted by Crippen LogP contribution is -2.31. The standard InChI is InChI=1S/C14H19N3O3/c1-16(2)8-10(18)7-15-9-4-5-11-12(6-9)14(20)17(3)13(11)19/h4-6,10,15,18H,7-8H2,1-3H3. The lowest BCUT2D eigenvalue weighted by atomic mass is 10.1. The molecule has 20 heavy (non-hydrogen) atoms. The Labute approximate surface area is 118 Å². The van der Waals surface area contributed by atoms with Crippen molar-refractivity contribution in [2.75, 3.05) is 39.5 Å². The summed E-state index contributed by atoms with van der Waals surface area (Å²) < 4.78 is 0. The number of carbonyl (C=O) groups excluding carboxylic acids is 2. The smallest absolute Gasteiger partial charge is 0.261 e. The number of likely N-dealkylation sites (N-methyl/N-ethyl adjacent to an activating group) is 1. The number of amides is 2. The van der Waals surface area contributed by atoms with Crippen molar-refractivity contribution in [3.8, 4) is 0 Å². The van der Waals surface area contributed by atoms with Crippen molar-refractivity contribution in [3.63, 3.8) is 0 Å². The maximum atomic E-state index is 11.9. The molecular formula is C14H19N3O3. The van der Waals surface area contributed by atoms with Crippen molar-refractivity contribution >= 4 is 17.5 Å². The number of anilines is 1. The molecule has 0 radical (unpaired) electrons. The first kappa shape index (κ1) is 14.5. The molecule has 1 unspecified atom stereocenters. The normalized spacial score (nSPS) is 15.8. The van der Waals surface area contributed by atoms with Gasteiger partial charge >= 0.3 is 0 Å². The molecule has 6 heteroatoms. The zero-order valence-electron chi connectivity index (χ0n) is 11.9. The minimum Gasteiger partial charge on any atom is -0.390 e. The number of carbonyl (C=O) groups is 2. The molecule has 2 N–H and O–H groups in total. The van der Waals surface area contributed by atoms with Crippen LogP contribution in [0.25, 0.3) is 0 Å². The Bertz CT molecular complexity index is 542. The van der Waals surface area contributed by atoms with Crippen LogP contribution in [0.3, 0.4) is 0 Å². The van der Waals surface area contributed by atoms with E-state index in [-0.39, 0.29) is 11.8 Å². The van der Waals surface area contributed by atoms with Crippen LogP contribution in [0.5, 0.6) is 0 Å². The van der Waals surface area contributed by atoms with Gasteiger partial charge in [-0.1, -0.05) is 0 Å². The van der Waals surface area contributed by atoms with Crippen LogP contribution in [-0.4, -0.2) is 67.1 Å². The number of nitrogens with zero attached hydrogens (tertiary/aromatic N) is 2. The fourth-order valence-corrected chi connectivity index (χ4v) is 2.19. The van der Waals surface area contributed by atoms with Gasteiger partial charge in [0.15, 0.2) is 0 Å². The molecule has 0 bridgehead atoms. The topological polar surface area (TPSA) is 72.9 Å². The van der Waals surface area contributed by atoms with Crippen LogP contribution in [0.4, 0.5) is 5.69 Å². The highest BCUT2D eigenvalue weighted by Crippen LogP contribution is 2.24. The number of nitrogens with one attached hydrogen (secondary N) is 1. The summed E-state index contributed by atoms with van der Waals surface area (Å²) >= 11 is 0. The molecule has 0 saturated carbocycles. The van der Waals surface area contributed by atoms with Gasteiger partial charge in [0.2, 0.25) is 0 Å². The molecule has 1 aliphatic rings. The molecule has 2 rings (SSSR count). The first-order valence-corrected chi connectivity index (χ1v) is 6.43. The third-order valence-electron chi connectivity index (χ3n) is 3.21. The molecule has 2 amide bonds. The number of benzene rings is 1. The van der Waals surface area contributed by atoms with E-state index in [2.05, 4.69) is 5.32 Å². The van der Waals surface area contributed by atoms with E-state index in [0.717, 1.165) is 10.6 Å². The average Bonchev–Trinajstić information content (AvgIpc) is 2.61. The molecule has 1 aromatic carbocycles. The van der Waals surface area contributed by atoms with E-state index < -0.39 is 6.10 Å². The summed E-state index contributed by atoms with van der Waals surface area (Å²) in [5.41, 5.74) is 1.56. The molecule has 6 nitrogen and oxygen atoms in total. The number of hydrogen-bond acceptors (Lipinski definition) is 5. The Hall–Kier alpha value is -1.92. The van der Waals surface area contributed by atoms with Gasteiger partial charge in [-0.25, -0.2) is 0 Å². The van der Waals surface area contributed by atoms with Crippen LogP contribution in [0, 0.1) is 0 Å². The maximum Gasteiger partial charge on any atom is 0.261 e. The summed E-state index contributed by atoms with van der Waals surface area (Å²) in [4.78, 5) is 26.6. The molecule has 0 saturated heterocycles. The van der Waals surface area contributed by atoms with Crippen molar-refractivity contribution < 1.29 is 14.7 Å². The van der Waals surface area contributed by atoms with Gasteiger partial charge in [-0.15, -0.1) is 0 Å². The Morgan fingerprint density at radius 2 is 1.90 bits per heavy atom. The fourth-order valence-electron chi connectivity index (χ4n) is 2.19. The van der Waals surface area contributed by atoms with Gasteiger partial charge in [0.05, 0.1) is 17.2 Å². The zero-order valence-corrected chi connectivity index (χ0v) is 11.9. The lowest BCUT2D eigenvalue weighted by molar-refractivity contribution is 0.0693. The van der Waals surface area contributed by atoms with Crippen LogP contribution in [-0.2, 0) is 0 Å². The second kappa shape index (κ2) is 5.60. The van der Waals surface area contributed by atoms with E-state index in [1.165, 1.54) is 7.05 Å². The SMILES string of the molecule is CN(C)CC(O)CNc1ccc2c(c1)C(=O)N(C)C2=O. The van der Waals surface area contributed by atoms with Gasteiger partial charge in [-0.05, 0) is 32.3 Å². The Balaban J connectivity index is 2.06. The summed E-state index contributed by atoms with van der Waals surface area (Å²) in [6.45, 7) is 0.938. The Kier molecular flexibility index (Phi) is 4.06. The highest BCUT2D eigenvalue weighted by Gasteiger charge is 2.32. The Morgan fingerprint density at radius 1 is 1.25 bits per heavy atom. The molecular weight excluding hydrogens is 258 g/mol. The number of aliphatic hydroxyl groups is 1. The van der Waals surface area contributed by atoms with E-state index in [1.54, 1.807) is 18.2 Å². The second-order valence-corrected chi connectivity index (χ2v) is 5.23. The van der Waals surface area contributed by atoms with Gasteiger partial charge in [0.25, 0.3) is 11.8 Å². The molecule has 1 heterocycles. The summed E-state index contributed by atoms with van der Waals surface area (Å²) in [6, 6.07) is 5.03. The fraction of sp³-hybridized carbons (Fsp3) is 0.429. The summed E-state index contributed by atoms with van der Waals surface area (Å²) in [5.74, 6) is -0.563. The highest BCUT2D eigenvalue weighted by molar-refractivity contribution is 6.21. The maximum absolute atomic E-state index is 11.9. The van der Waals surface area contributed by atoms with Crippen LogP contribution >= 0.6 is 0 Å². The van der Waals surface area contributed by atoms with Crippen LogP contribution < -0.4 is 5.32 Å². The second-order valence-electron chi connectivity index (χ2n) is 5.23. The van der Waals surface area contributed by atoms with Crippen molar-refractivity contribution in [1.29, 1.82) is 0 Å². The minimum atomic E-state index is -0.502. The monoisotopic (exact) mass is 277 g/mol. The molecule has 1 aromatic rings. The third-order valence-corrected chi connectivity index (χ3v) is 3.21. The zero-order chi connectivity index (χ0) is 14.9. The van der Waals surface area contributed by atoms with Crippen LogP contribution in [0.2, 0.25) is 0 Å². The third kappa shape index (κ3) is 2.81. The number of fused-ring (bicyclic) bond motifs is 1. The van der Waals surface area contributed by atoms with Crippen LogP contribution in [0.15, 0.2) is 18.2 Å². The number of aliphatic hydroxyl groups excluding tert-OH is 1. The number of hydrogen-bond donors (Lipinski definition) is 2. The highest BCUT2D eigenvalue weighted by atomic mass is 16.3. The van der Waals surface area contributed by atoms with Gasteiger partial charge in [0, 0.05) is 25.8 Å². The number of rotatable bonds is 5. The quantitative estimate of drug-likeness (QED) is 0.755. The van der Waals surface area contributed by atoms with Crippen molar-refractivity contribution in [2.45, 2.75) is 6.10 Å². The predicted molar refractivity (Wildman–Crippen MR) is 75.9 cm³/mol. The first-order valence-electron chi connectivity index (χ1n) is 6.43. The minimum absolute atomic E-state index is 0.274. The summed E-state index contributed by atoms with van der Waals surface area (Å²) in [5, 5.41) is 12.8. The van der Waals surface area contributed by atoms with Gasteiger partial charge in [-0.2, -0.15) is 0 Å². The molecule has 0 fully saturated rings. The van der Waals surface area contributed by atoms with E-state index in [4.69, 9.17) is 0 Å². The molecule has 108 valence electrons. The van der Waals surface area contributed by atoms with Crippen molar-refractivity contribution in [1.82, 2.24) is 9.80 Å². The molecule has 1 atom stereocenters. The largest absolute Gasteiger partial charge is 0.390 e. The summed E-state index contributed by atoms with van der Waals surface area (Å²) in [7, 11) is 5.25. The summed E-state index contributed by atoms with van der Waals surface area (Å²) in [6.07, 6.45) is -0.502. The van der Waals surface area contributed by atoms with Gasteiger partial charge < -0.3 is 15.3 Å². The predicted octanol–water partition coefficient (Wildman–Crippen LogP) is 0.247. The molecule has 1 aliphatic heterocycles. The van der Waals surface area contributed by atoms with Gasteiger partial charge in [0.1, 0.15) is 0 Å². The van der Waals surface area contributed by atoms with E-state index in [9.17, 15) is 14.7 Å². The lowest BCUT2D eigenvalue weighted by Gasteiger charge is -2.17. The Morgan fingerprint density at radius 3 is 2.55 bits per heavy atom. The molecule has 0 aliphatic carbocycles. The first-order chi connectivity index (χ1) is 9.40. The molecule has 0 spiro atoms. The van der Waals surface area contributed by atoms with E-state index in [1.807, 2.05) is 19.0 Å². The average molecular weight is 277 g/mol. The van der Waals surface area contributed by atoms with E-state index >= 15 is 0 Å². The van der Waals surface area contributed by atoms with E-state index in [0.29, 0.717) is 24.2 Å². The van der Waals surface area contributed by atoms with Gasteiger partial charge in [-0.3, -0.25) is 14.5 Å². The van der Waals surface area contributed by atoms with Crippen molar-refractivity contribution in [2.24, 2.45) is 0 Å². The molecule has 0 aromatic heterocycles. The number of imide groups is 1.